The molecule has 7 amide bonds. The van der Waals surface area contributed by atoms with E-state index >= 15 is 0 Å². The second-order valence-corrected chi connectivity index (χ2v) is 20.1. The number of benzene rings is 1. The molecule has 1 aromatic carbocycles. The van der Waals surface area contributed by atoms with E-state index in [-0.39, 0.29) is 95.9 Å². The second kappa shape index (κ2) is 40.1. The first kappa shape index (κ1) is 71.0. The molecule has 1 heterocycles. The van der Waals surface area contributed by atoms with E-state index in [0.717, 1.165) is 0 Å². The van der Waals surface area contributed by atoms with Crippen molar-refractivity contribution >= 4 is 71.4 Å². The standard InChI is InChI=1S/C53H84N12O18/c1-35(54)55-24-12-16-37(48(75)60-38(50(77)78)15-9-11-23-57-44(68)32-63-25-27-64(33-46(71)72)29-30-65(28-26-63)34-47(73)74)59-49(76)41(31-36-13-6-5-7-14-36)58-43(67)17-8-3-2-4-10-22-56-42(66)20-18-39(51(79)80)61-53(83)62-40(52(81)82)19-21-45(69)70/h5-7,13-14,37-41,55H,1-4,8-12,15-34,54H2,(H,56,66)(H,57,68)(H,58,67)(H,59,76)(H,60,75)(H,69,70)(H,71,72)(H,73,74)(H,77,78)(H,79,80)(H,81,82)(H2,61,62,83)/t37-,38-,39?,40?,41-/m0/s1. The number of urea groups is 1. The normalized spacial score (nSPS) is 14.9. The summed E-state index contributed by atoms with van der Waals surface area (Å²) in [6, 6.07) is 0.812. The largest absolute Gasteiger partial charge is 0.481 e. The van der Waals surface area contributed by atoms with Crippen LogP contribution >= 0.6 is 0 Å². The quantitative estimate of drug-likeness (QED) is 0.0323. The maximum Gasteiger partial charge on any atom is 0.326 e. The molecule has 5 atom stereocenters. The lowest BCUT2D eigenvalue weighted by molar-refractivity contribution is -0.143. The molecule has 16 N–H and O–H groups in total. The third kappa shape index (κ3) is 33.4. The van der Waals surface area contributed by atoms with Crippen LogP contribution in [0.1, 0.15) is 102 Å². The summed E-state index contributed by atoms with van der Waals surface area (Å²) in [7, 11) is 0. The van der Waals surface area contributed by atoms with Crippen molar-refractivity contribution in [2.75, 3.05) is 78.5 Å². The van der Waals surface area contributed by atoms with Crippen LogP contribution in [0.25, 0.3) is 0 Å². The molecule has 0 spiro atoms. The van der Waals surface area contributed by atoms with Gasteiger partial charge in [-0.05, 0) is 63.4 Å². The monoisotopic (exact) mass is 1180 g/mol. The number of carbonyl (C=O) groups excluding carboxylic acids is 6. The highest BCUT2D eigenvalue weighted by molar-refractivity contribution is 5.93. The van der Waals surface area contributed by atoms with E-state index < -0.39 is 109 Å². The third-order valence-electron chi connectivity index (χ3n) is 13.1. The van der Waals surface area contributed by atoms with Crippen molar-refractivity contribution < 1.29 is 88.2 Å². The van der Waals surface area contributed by atoms with E-state index in [9.17, 15) is 83.1 Å². The number of hydrogen-bond acceptors (Lipinski definition) is 17. The summed E-state index contributed by atoms with van der Waals surface area (Å²) < 4.78 is 0. The first-order valence-corrected chi connectivity index (χ1v) is 27.7. The van der Waals surface area contributed by atoms with Gasteiger partial charge in [-0.1, -0.05) is 56.2 Å². The fourth-order valence-electron chi connectivity index (χ4n) is 8.63. The lowest BCUT2D eigenvalue weighted by Crippen LogP contribution is -2.56. The summed E-state index contributed by atoms with van der Waals surface area (Å²) in [5.74, 6) is -10.2. The fourth-order valence-corrected chi connectivity index (χ4v) is 8.63. The molecule has 2 rings (SSSR count). The molecule has 1 aliphatic rings. The Morgan fingerprint density at radius 2 is 0.880 bits per heavy atom. The highest BCUT2D eigenvalue weighted by Gasteiger charge is 2.31. The van der Waals surface area contributed by atoms with Gasteiger partial charge in [0.25, 0.3) is 0 Å². The highest BCUT2D eigenvalue weighted by atomic mass is 16.4. The van der Waals surface area contributed by atoms with E-state index in [1.807, 2.05) is 10.2 Å². The first-order valence-electron chi connectivity index (χ1n) is 27.7. The zero-order valence-electron chi connectivity index (χ0n) is 46.8. The third-order valence-corrected chi connectivity index (χ3v) is 13.1. The van der Waals surface area contributed by atoms with Crippen molar-refractivity contribution in [3.63, 3.8) is 0 Å². The van der Waals surface area contributed by atoms with Crippen molar-refractivity contribution in [2.24, 2.45) is 5.73 Å². The van der Waals surface area contributed by atoms with Gasteiger partial charge >= 0.3 is 41.8 Å². The molecule has 0 aromatic heterocycles. The molecule has 1 aliphatic heterocycles. The Morgan fingerprint density at radius 3 is 1.41 bits per heavy atom. The number of nitrogens with two attached hydrogens (primary N) is 1. The lowest BCUT2D eigenvalue weighted by Gasteiger charge is -2.25. The van der Waals surface area contributed by atoms with Gasteiger partial charge in [0.15, 0.2) is 0 Å². The van der Waals surface area contributed by atoms with Crippen molar-refractivity contribution in [1.82, 2.24) is 57.2 Å². The average molecular weight is 1180 g/mol. The number of amides is 7. The van der Waals surface area contributed by atoms with Crippen molar-refractivity contribution in [1.29, 1.82) is 0 Å². The van der Waals surface area contributed by atoms with Crippen LogP contribution in [0.4, 0.5) is 4.79 Å². The Kier molecular flexibility index (Phi) is 34.3. The molecule has 83 heavy (non-hydrogen) atoms. The van der Waals surface area contributed by atoms with Crippen molar-refractivity contribution in [3.8, 4) is 0 Å². The van der Waals surface area contributed by atoms with Crippen LogP contribution in [-0.2, 0) is 59.2 Å². The van der Waals surface area contributed by atoms with E-state index in [2.05, 4.69) is 43.8 Å². The molecule has 1 aromatic rings. The zero-order chi connectivity index (χ0) is 61.7. The highest BCUT2D eigenvalue weighted by Crippen LogP contribution is 2.11. The molecule has 0 aliphatic carbocycles. The van der Waals surface area contributed by atoms with Gasteiger partial charge in [0.2, 0.25) is 29.5 Å². The number of nitrogens with zero attached hydrogens (tertiary/aromatic N) is 3. The van der Waals surface area contributed by atoms with E-state index in [0.29, 0.717) is 89.8 Å². The molecule has 1 fully saturated rings. The minimum Gasteiger partial charge on any atom is -0.481 e. The number of unbranched alkanes of at least 4 members (excludes halogenated alkanes) is 5. The Hall–Kier alpha value is -8.12. The van der Waals surface area contributed by atoms with Crippen LogP contribution in [0.3, 0.4) is 0 Å². The van der Waals surface area contributed by atoms with E-state index in [1.165, 1.54) is 0 Å². The Bertz CT molecular complexity index is 2280. The molecule has 30 heteroatoms. The van der Waals surface area contributed by atoms with Gasteiger partial charge in [0.05, 0.1) is 25.5 Å². The topological polar surface area (TPSA) is 458 Å². The maximum atomic E-state index is 14.0. The number of hydrogen-bond donors (Lipinski definition) is 15. The van der Waals surface area contributed by atoms with Crippen LogP contribution in [0.15, 0.2) is 42.7 Å². The molecule has 1 saturated heterocycles. The molecule has 0 saturated carbocycles. The van der Waals surface area contributed by atoms with E-state index in [4.69, 9.17) is 10.8 Å². The van der Waals surface area contributed by atoms with Crippen LogP contribution in [0, 0.1) is 0 Å². The minimum atomic E-state index is -1.58. The number of rotatable bonds is 42. The molecular formula is C53H84N12O18. The summed E-state index contributed by atoms with van der Waals surface area (Å²) >= 11 is 0. The average Bonchev–Trinajstić information content (AvgIpc) is 3.59. The predicted molar refractivity (Wildman–Crippen MR) is 297 cm³/mol. The minimum absolute atomic E-state index is 0.0258. The second-order valence-electron chi connectivity index (χ2n) is 20.1. The van der Waals surface area contributed by atoms with Crippen molar-refractivity contribution in [3.05, 3.63) is 48.3 Å². The fraction of sp³-hybridized carbons (Fsp3) is 0.623. The molecule has 30 nitrogen and oxygen atoms in total. The summed E-state index contributed by atoms with van der Waals surface area (Å²) in [5.41, 5.74) is 6.35. The maximum absolute atomic E-state index is 14.0. The molecule has 2 unspecified atom stereocenters. The summed E-state index contributed by atoms with van der Waals surface area (Å²) in [6.07, 6.45) is 2.38. The van der Waals surface area contributed by atoms with Crippen LogP contribution in [0.2, 0.25) is 0 Å². The number of carboxylic acids is 6. The van der Waals surface area contributed by atoms with Gasteiger partial charge in [-0.2, -0.15) is 0 Å². The predicted octanol–water partition coefficient (Wildman–Crippen LogP) is -1.75. The Morgan fingerprint density at radius 1 is 0.434 bits per heavy atom. The van der Waals surface area contributed by atoms with Crippen LogP contribution in [-0.4, -0.2) is 225 Å². The lowest BCUT2D eigenvalue weighted by atomic mass is 10.0. The molecule has 464 valence electrons. The zero-order valence-corrected chi connectivity index (χ0v) is 46.8. The van der Waals surface area contributed by atoms with Crippen molar-refractivity contribution in [2.45, 2.75) is 133 Å². The number of aliphatic carboxylic acids is 6. The first-order chi connectivity index (χ1) is 39.4. The summed E-state index contributed by atoms with van der Waals surface area (Å²) in [6.45, 7) is 5.90. The van der Waals surface area contributed by atoms with Gasteiger partial charge < -0.3 is 78.9 Å². The number of nitrogens with one attached hydrogen (secondary N) is 8. The van der Waals surface area contributed by atoms with Gasteiger partial charge in [-0.25, -0.2) is 19.2 Å². The number of carboxylic acid groups (broad SMARTS) is 6. The summed E-state index contributed by atoms with van der Waals surface area (Å²) in [4.78, 5) is 153. The molecular weight excluding hydrogens is 1090 g/mol. The van der Waals surface area contributed by atoms with Gasteiger partial charge in [-0.3, -0.25) is 53.1 Å². The van der Waals surface area contributed by atoms with Gasteiger partial charge in [-0.15, -0.1) is 0 Å². The molecule has 0 radical (unpaired) electrons. The van der Waals surface area contributed by atoms with Crippen LogP contribution < -0.4 is 48.3 Å². The molecule has 0 bridgehead atoms. The Balaban J connectivity index is 1.93. The Labute approximate surface area is 481 Å². The number of carbonyl (C=O) groups is 12. The summed E-state index contributed by atoms with van der Waals surface area (Å²) in [5, 5.41) is 76.7. The van der Waals surface area contributed by atoms with E-state index in [1.54, 1.807) is 40.1 Å². The van der Waals surface area contributed by atoms with Crippen LogP contribution in [0.5, 0.6) is 0 Å². The smallest absolute Gasteiger partial charge is 0.326 e. The SMILES string of the molecule is C=C(N)NCCC[C@H](NC(=O)[C@H](Cc1ccccc1)NC(=O)CCCCCCCNC(=O)CCC(NC(=O)NC(CCC(=O)O)C(=O)O)C(=O)O)C(=O)N[C@@H](CCCCNC(=O)CN1CCN(CC(=O)O)CCN(CC(=O)O)CC1)C(=O)O. The van der Waals surface area contributed by atoms with Gasteiger partial charge in [0, 0.05) is 84.6 Å². The van der Waals surface area contributed by atoms with Gasteiger partial charge in [0.1, 0.15) is 30.2 Å².